The van der Waals surface area contributed by atoms with E-state index in [1.807, 2.05) is 0 Å². The quantitative estimate of drug-likeness (QED) is 0.682. The van der Waals surface area contributed by atoms with Gasteiger partial charge in [-0.3, -0.25) is 0 Å². The Morgan fingerprint density at radius 2 is 2.21 bits per heavy atom. The molecule has 0 amide bonds. The average Bonchev–Trinajstić information content (AvgIpc) is 2.68. The molecule has 14 heavy (non-hydrogen) atoms. The van der Waals surface area contributed by atoms with Crippen molar-refractivity contribution >= 4 is 12.3 Å². The highest BCUT2D eigenvalue weighted by molar-refractivity contribution is 5.53. The van der Waals surface area contributed by atoms with E-state index in [-0.39, 0.29) is 0 Å². The molecule has 4 nitrogen and oxygen atoms in total. The Morgan fingerprint density at radius 3 is 2.93 bits per heavy atom. The molecule has 0 N–H and O–H groups in total. The summed E-state index contributed by atoms with van der Waals surface area (Å²) in [7, 11) is 0. The van der Waals surface area contributed by atoms with Gasteiger partial charge in [-0.25, -0.2) is 0 Å². The second-order valence-electron chi connectivity index (χ2n) is 3.54. The summed E-state index contributed by atoms with van der Waals surface area (Å²) in [6.07, 6.45) is 6.45. The zero-order valence-corrected chi connectivity index (χ0v) is 8.11. The summed E-state index contributed by atoms with van der Waals surface area (Å²) in [6.45, 7) is 2.03. The lowest BCUT2D eigenvalue weighted by atomic mass is 10.1. The number of hydrogen-bond acceptors (Lipinski definition) is 4. The lowest BCUT2D eigenvalue weighted by Gasteiger charge is -2.24. The Balaban J connectivity index is 2.03. The molecule has 0 spiro atoms. The van der Waals surface area contributed by atoms with E-state index in [0.717, 1.165) is 25.1 Å². The van der Waals surface area contributed by atoms with E-state index in [2.05, 4.69) is 9.88 Å². The lowest BCUT2D eigenvalue weighted by Crippen LogP contribution is -2.29. The van der Waals surface area contributed by atoms with E-state index in [9.17, 15) is 4.79 Å². The first-order valence-corrected chi connectivity index (χ1v) is 5.03. The Kier molecular flexibility index (Phi) is 2.81. The smallest absolute Gasteiger partial charge is 0.297 e. The molecule has 1 aromatic heterocycles. The number of carbonyl (C=O) groups is 1. The highest BCUT2D eigenvalue weighted by atomic mass is 16.4. The molecule has 0 bridgehead atoms. The summed E-state index contributed by atoms with van der Waals surface area (Å²) in [5.41, 5.74) is 0.723. The fourth-order valence-electron chi connectivity index (χ4n) is 1.71. The SMILES string of the molecule is O=CCc1coc(N2CCCCC2)n1. The van der Waals surface area contributed by atoms with Crippen molar-refractivity contribution in [3.63, 3.8) is 0 Å². The number of nitrogens with zero attached hydrogens (tertiary/aromatic N) is 2. The minimum atomic E-state index is 0.345. The first-order valence-electron chi connectivity index (χ1n) is 5.03. The molecule has 0 aromatic carbocycles. The van der Waals surface area contributed by atoms with E-state index < -0.39 is 0 Å². The number of rotatable bonds is 3. The molecule has 0 radical (unpaired) electrons. The third kappa shape index (κ3) is 1.95. The summed E-state index contributed by atoms with van der Waals surface area (Å²) in [5, 5.41) is 0. The molecule has 2 heterocycles. The Bertz CT molecular complexity index is 303. The summed E-state index contributed by atoms with van der Waals surface area (Å²) >= 11 is 0. The second-order valence-corrected chi connectivity index (χ2v) is 3.54. The monoisotopic (exact) mass is 194 g/mol. The molecule has 0 aliphatic carbocycles. The largest absolute Gasteiger partial charge is 0.432 e. The predicted octanol–water partition coefficient (Wildman–Crippen LogP) is 1.41. The van der Waals surface area contributed by atoms with Crippen LogP contribution >= 0.6 is 0 Å². The zero-order valence-electron chi connectivity index (χ0n) is 8.11. The molecule has 76 valence electrons. The molecule has 0 atom stereocenters. The van der Waals surface area contributed by atoms with Crippen LogP contribution in [0.15, 0.2) is 10.7 Å². The van der Waals surface area contributed by atoms with E-state index in [1.54, 1.807) is 6.26 Å². The van der Waals surface area contributed by atoms with Gasteiger partial charge in [0, 0.05) is 19.5 Å². The standard InChI is InChI=1S/C10H14N2O2/c13-7-4-9-8-14-10(11-9)12-5-2-1-3-6-12/h7-8H,1-6H2. The van der Waals surface area contributed by atoms with Crippen molar-refractivity contribution in [2.45, 2.75) is 25.7 Å². The third-order valence-corrected chi connectivity index (χ3v) is 2.46. The van der Waals surface area contributed by atoms with Crippen LogP contribution in [0.5, 0.6) is 0 Å². The Morgan fingerprint density at radius 1 is 1.43 bits per heavy atom. The molecule has 1 aliphatic rings. The van der Waals surface area contributed by atoms with Gasteiger partial charge in [-0.05, 0) is 19.3 Å². The van der Waals surface area contributed by atoms with Crippen LogP contribution in [-0.2, 0) is 11.2 Å². The van der Waals surface area contributed by atoms with Crippen LogP contribution in [0, 0.1) is 0 Å². The molecule has 0 unspecified atom stereocenters. The minimum Gasteiger partial charge on any atom is -0.432 e. The zero-order chi connectivity index (χ0) is 9.80. The van der Waals surface area contributed by atoms with E-state index in [1.165, 1.54) is 19.3 Å². The fraction of sp³-hybridized carbons (Fsp3) is 0.600. The van der Waals surface area contributed by atoms with E-state index >= 15 is 0 Å². The third-order valence-electron chi connectivity index (χ3n) is 2.46. The molecule has 4 heteroatoms. The van der Waals surface area contributed by atoms with Crippen molar-refractivity contribution < 1.29 is 9.21 Å². The van der Waals surface area contributed by atoms with Gasteiger partial charge in [-0.2, -0.15) is 4.98 Å². The number of oxazole rings is 1. The summed E-state index contributed by atoms with van der Waals surface area (Å²) in [6, 6.07) is 0.668. The van der Waals surface area contributed by atoms with Gasteiger partial charge in [0.25, 0.3) is 6.01 Å². The van der Waals surface area contributed by atoms with Gasteiger partial charge >= 0.3 is 0 Å². The van der Waals surface area contributed by atoms with Crippen LogP contribution in [-0.4, -0.2) is 24.4 Å². The van der Waals surface area contributed by atoms with Crippen molar-refractivity contribution in [1.82, 2.24) is 4.98 Å². The number of aldehydes is 1. The maximum Gasteiger partial charge on any atom is 0.297 e. The molecule has 1 saturated heterocycles. The van der Waals surface area contributed by atoms with Crippen LogP contribution in [0.25, 0.3) is 0 Å². The number of aromatic nitrogens is 1. The van der Waals surface area contributed by atoms with Gasteiger partial charge in [0.1, 0.15) is 12.5 Å². The lowest BCUT2D eigenvalue weighted by molar-refractivity contribution is -0.107. The predicted molar refractivity (Wildman–Crippen MR) is 52.3 cm³/mol. The van der Waals surface area contributed by atoms with Gasteiger partial charge < -0.3 is 14.1 Å². The molecule has 0 saturated carbocycles. The highest BCUT2D eigenvalue weighted by Crippen LogP contribution is 2.18. The van der Waals surface area contributed by atoms with Gasteiger partial charge in [0.05, 0.1) is 5.69 Å². The Hall–Kier alpha value is -1.32. The average molecular weight is 194 g/mol. The topological polar surface area (TPSA) is 46.3 Å². The normalized spacial score (nSPS) is 17.0. The first kappa shape index (κ1) is 9.24. The van der Waals surface area contributed by atoms with Gasteiger partial charge in [-0.15, -0.1) is 0 Å². The Labute approximate surface area is 82.9 Å². The minimum absolute atomic E-state index is 0.345. The summed E-state index contributed by atoms with van der Waals surface area (Å²) in [4.78, 5) is 16.7. The van der Waals surface area contributed by atoms with Crippen molar-refractivity contribution in [2.24, 2.45) is 0 Å². The summed E-state index contributed by atoms with van der Waals surface area (Å²) in [5.74, 6) is 0. The van der Waals surface area contributed by atoms with Crippen LogP contribution in [0.4, 0.5) is 6.01 Å². The van der Waals surface area contributed by atoms with Gasteiger partial charge in [0.15, 0.2) is 0 Å². The second kappa shape index (κ2) is 4.26. The maximum atomic E-state index is 10.3. The van der Waals surface area contributed by atoms with Crippen molar-refractivity contribution in [3.8, 4) is 0 Å². The van der Waals surface area contributed by atoms with Crippen LogP contribution in [0.1, 0.15) is 25.0 Å². The molecule has 2 rings (SSSR count). The van der Waals surface area contributed by atoms with Crippen LogP contribution in [0.3, 0.4) is 0 Å². The van der Waals surface area contributed by atoms with Crippen molar-refractivity contribution in [1.29, 1.82) is 0 Å². The number of anilines is 1. The molecule has 1 aromatic rings. The van der Waals surface area contributed by atoms with Gasteiger partial charge in [-0.1, -0.05) is 0 Å². The molecule has 1 aliphatic heterocycles. The molecular formula is C10H14N2O2. The molecule has 1 fully saturated rings. The highest BCUT2D eigenvalue weighted by Gasteiger charge is 2.15. The molecular weight excluding hydrogens is 180 g/mol. The van der Waals surface area contributed by atoms with E-state index in [4.69, 9.17) is 4.42 Å². The first-order chi connectivity index (χ1) is 6.90. The van der Waals surface area contributed by atoms with Crippen molar-refractivity contribution in [3.05, 3.63) is 12.0 Å². The van der Waals surface area contributed by atoms with Crippen molar-refractivity contribution in [2.75, 3.05) is 18.0 Å². The number of piperidine rings is 1. The van der Waals surface area contributed by atoms with E-state index in [0.29, 0.717) is 12.4 Å². The maximum absolute atomic E-state index is 10.3. The van der Waals surface area contributed by atoms with Crippen LogP contribution < -0.4 is 4.90 Å². The number of hydrogen-bond donors (Lipinski definition) is 0. The summed E-state index contributed by atoms with van der Waals surface area (Å²) < 4.78 is 5.31. The number of carbonyl (C=O) groups excluding carboxylic acids is 1. The van der Waals surface area contributed by atoms with Crippen LogP contribution in [0.2, 0.25) is 0 Å². The van der Waals surface area contributed by atoms with Gasteiger partial charge in [0.2, 0.25) is 0 Å². The fourth-order valence-corrected chi connectivity index (χ4v) is 1.71.